The first-order valence-corrected chi connectivity index (χ1v) is 6.70. The maximum atomic E-state index is 6.04. The average molecular weight is 280 g/mol. The Bertz CT molecular complexity index is 564. The lowest BCUT2D eigenvalue weighted by Gasteiger charge is -2.16. The summed E-state index contributed by atoms with van der Waals surface area (Å²) in [5.74, 6) is 1.23. The fourth-order valence-corrected chi connectivity index (χ4v) is 2.36. The molecule has 1 aromatic carbocycles. The second-order valence-electron chi connectivity index (χ2n) is 5.13. The van der Waals surface area contributed by atoms with Crippen molar-refractivity contribution in [2.45, 2.75) is 33.2 Å². The molecule has 0 aliphatic heterocycles. The molecule has 0 bridgehead atoms. The highest BCUT2D eigenvalue weighted by Crippen LogP contribution is 2.31. The predicted molar refractivity (Wildman–Crippen MR) is 76.8 cm³/mol. The summed E-state index contributed by atoms with van der Waals surface area (Å²) in [6, 6.07) is 5.70. The molecule has 0 aliphatic carbocycles. The van der Waals surface area contributed by atoms with Crippen molar-refractivity contribution in [3.8, 4) is 11.4 Å². The van der Waals surface area contributed by atoms with Gasteiger partial charge in [-0.05, 0) is 41.8 Å². The van der Waals surface area contributed by atoms with Gasteiger partial charge in [0.2, 0.25) is 0 Å². The van der Waals surface area contributed by atoms with Crippen molar-refractivity contribution in [2.75, 3.05) is 5.73 Å². The zero-order valence-electron chi connectivity index (χ0n) is 11.3. The molecule has 2 N–H and O–H groups in total. The van der Waals surface area contributed by atoms with Gasteiger partial charge in [-0.2, -0.15) is 0 Å². The predicted octanol–water partition coefficient (Wildman–Crippen LogP) is 3.18. The van der Waals surface area contributed by atoms with E-state index in [1.54, 1.807) is 6.07 Å². The van der Waals surface area contributed by atoms with Gasteiger partial charge in [0.25, 0.3) is 0 Å². The van der Waals surface area contributed by atoms with E-state index < -0.39 is 0 Å². The van der Waals surface area contributed by atoms with Crippen LogP contribution in [-0.2, 0) is 0 Å². The molecule has 19 heavy (non-hydrogen) atoms. The highest BCUT2D eigenvalue weighted by molar-refractivity contribution is 6.33. The minimum Gasteiger partial charge on any atom is -0.397 e. The highest BCUT2D eigenvalue weighted by Gasteiger charge is 2.18. The number of rotatable bonds is 4. The number of tetrazole rings is 1. The van der Waals surface area contributed by atoms with Crippen LogP contribution in [0.4, 0.5) is 5.69 Å². The lowest BCUT2D eigenvalue weighted by molar-refractivity contribution is 0.394. The molecule has 1 aromatic heterocycles. The molecule has 6 heteroatoms. The first kappa shape index (κ1) is 13.8. The monoisotopic (exact) mass is 279 g/mol. The molecule has 1 heterocycles. The summed E-state index contributed by atoms with van der Waals surface area (Å²) in [4.78, 5) is 0. The SMILES string of the molecule is CC(C)CC(C)n1nnnc1-c1cccc(Cl)c1N. The van der Waals surface area contributed by atoms with Gasteiger partial charge in [-0.1, -0.05) is 31.5 Å². The summed E-state index contributed by atoms with van der Waals surface area (Å²) in [6.07, 6.45) is 0.999. The van der Waals surface area contributed by atoms with E-state index in [4.69, 9.17) is 17.3 Å². The average Bonchev–Trinajstić information content (AvgIpc) is 2.80. The van der Waals surface area contributed by atoms with Crippen molar-refractivity contribution in [1.29, 1.82) is 0 Å². The van der Waals surface area contributed by atoms with Crippen LogP contribution in [0.1, 0.15) is 33.2 Å². The lowest BCUT2D eigenvalue weighted by atomic mass is 10.0. The molecular weight excluding hydrogens is 262 g/mol. The van der Waals surface area contributed by atoms with Crippen LogP contribution in [0, 0.1) is 5.92 Å². The van der Waals surface area contributed by atoms with Crippen LogP contribution >= 0.6 is 11.6 Å². The van der Waals surface area contributed by atoms with Gasteiger partial charge in [0, 0.05) is 5.56 Å². The van der Waals surface area contributed by atoms with Gasteiger partial charge < -0.3 is 5.73 Å². The molecule has 2 aromatic rings. The molecule has 0 amide bonds. The molecule has 0 saturated carbocycles. The number of nitrogen functional groups attached to an aromatic ring is 1. The summed E-state index contributed by atoms with van der Waals surface area (Å²) >= 11 is 6.04. The fraction of sp³-hybridized carbons (Fsp3) is 0.462. The number of hydrogen-bond acceptors (Lipinski definition) is 4. The number of halogens is 1. The summed E-state index contributed by atoms with van der Waals surface area (Å²) in [5, 5.41) is 12.4. The van der Waals surface area contributed by atoms with E-state index in [1.807, 2.05) is 16.8 Å². The Labute approximate surface area is 117 Å². The number of para-hydroxylation sites is 1. The zero-order chi connectivity index (χ0) is 14.0. The van der Waals surface area contributed by atoms with Gasteiger partial charge in [0.05, 0.1) is 16.8 Å². The third-order valence-corrected chi connectivity index (χ3v) is 3.35. The van der Waals surface area contributed by atoms with Crippen LogP contribution < -0.4 is 5.73 Å². The molecule has 5 nitrogen and oxygen atoms in total. The van der Waals surface area contributed by atoms with E-state index in [0.717, 1.165) is 12.0 Å². The quantitative estimate of drug-likeness (QED) is 0.873. The lowest BCUT2D eigenvalue weighted by Crippen LogP contribution is -2.12. The number of aromatic nitrogens is 4. The van der Waals surface area contributed by atoms with Crippen LogP contribution in [0.5, 0.6) is 0 Å². The second-order valence-corrected chi connectivity index (χ2v) is 5.53. The van der Waals surface area contributed by atoms with E-state index >= 15 is 0 Å². The Kier molecular flexibility index (Phi) is 4.04. The van der Waals surface area contributed by atoms with Gasteiger partial charge in [-0.15, -0.1) is 5.10 Å². The Morgan fingerprint density at radius 2 is 2.05 bits per heavy atom. The first-order chi connectivity index (χ1) is 9.00. The van der Waals surface area contributed by atoms with Gasteiger partial charge in [-0.3, -0.25) is 0 Å². The molecule has 1 atom stereocenters. The van der Waals surface area contributed by atoms with E-state index in [2.05, 4.69) is 36.3 Å². The van der Waals surface area contributed by atoms with Crippen molar-refractivity contribution in [1.82, 2.24) is 20.2 Å². The number of anilines is 1. The number of nitrogens with two attached hydrogens (primary N) is 1. The number of nitrogens with zero attached hydrogens (tertiary/aromatic N) is 4. The molecule has 0 fully saturated rings. The van der Waals surface area contributed by atoms with Gasteiger partial charge in [-0.25, -0.2) is 4.68 Å². The Morgan fingerprint density at radius 3 is 2.74 bits per heavy atom. The number of benzene rings is 1. The minimum atomic E-state index is 0.211. The molecule has 0 saturated heterocycles. The van der Waals surface area contributed by atoms with E-state index in [9.17, 15) is 0 Å². The Balaban J connectivity index is 2.41. The fourth-order valence-electron chi connectivity index (χ4n) is 2.18. The number of hydrogen-bond donors (Lipinski definition) is 1. The van der Waals surface area contributed by atoms with E-state index in [-0.39, 0.29) is 6.04 Å². The molecule has 0 spiro atoms. The molecule has 0 aliphatic rings. The van der Waals surface area contributed by atoms with Crippen molar-refractivity contribution < 1.29 is 0 Å². The molecule has 102 valence electrons. The highest BCUT2D eigenvalue weighted by atomic mass is 35.5. The largest absolute Gasteiger partial charge is 0.397 e. The van der Waals surface area contributed by atoms with Crippen molar-refractivity contribution in [3.05, 3.63) is 23.2 Å². The van der Waals surface area contributed by atoms with Crippen LogP contribution in [0.2, 0.25) is 5.02 Å². The first-order valence-electron chi connectivity index (χ1n) is 6.33. The third-order valence-electron chi connectivity index (χ3n) is 3.02. The Hall–Kier alpha value is -1.62. The van der Waals surface area contributed by atoms with Gasteiger partial charge >= 0.3 is 0 Å². The molecule has 1 unspecified atom stereocenters. The van der Waals surface area contributed by atoms with Gasteiger partial charge in [0.1, 0.15) is 0 Å². The van der Waals surface area contributed by atoms with Crippen molar-refractivity contribution >= 4 is 17.3 Å². The zero-order valence-corrected chi connectivity index (χ0v) is 12.1. The summed E-state index contributed by atoms with van der Waals surface area (Å²) in [7, 11) is 0. The topological polar surface area (TPSA) is 69.6 Å². The van der Waals surface area contributed by atoms with Crippen LogP contribution in [0.3, 0.4) is 0 Å². The summed E-state index contributed by atoms with van der Waals surface area (Å²) in [6.45, 7) is 6.45. The Morgan fingerprint density at radius 1 is 1.32 bits per heavy atom. The minimum absolute atomic E-state index is 0.211. The van der Waals surface area contributed by atoms with Gasteiger partial charge in [0.15, 0.2) is 5.82 Å². The van der Waals surface area contributed by atoms with Crippen LogP contribution in [-0.4, -0.2) is 20.2 Å². The standard InChI is InChI=1S/C13H18ClN5/c1-8(2)7-9(3)19-13(16-17-18-19)10-5-4-6-11(14)12(10)15/h4-6,8-9H,7,15H2,1-3H3. The summed E-state index contributed by atoms with van der Waals surface area (Å²) < 4.78 is 1.81. The van der Waals surface area contributed by atoms with E-state index in [1.165, 1.54) is 0 Å². The van der Waals surface area contributed by atoms with E-state index in [0.29, 0.717) is 22.5 Å². The second kappa shape index (κ2) is 5.57. The maximum Gasteiger partial charge on any atom is 0.184 e. The van der Waals surface area contributed by atoms with Crippen molar-refractivity contribution in [2.24, 2.45) is 5.92 Å². The smallest absolute Gasteiger partial charge is 0.184 e. The normalized spacial score (nSPS) is 12.9. The molecule has 0 radical (unpaired) electrons. The van der Waals surface area contributed by atoms with Crippen LogP contribution in [0.15, 0.2) is 18.2 Å². The van der Waals surface area contributed by atoms with Crippen LogP contribution in [0.25, 0.3) is 11.4 Å². The molecular formula is C13H18ClN5. The third kappa shape index (κ3) is 2.87. The maximum absolute atomic E-state index is 6.04. The van der Waals surface area contributed by atoms with Crippen molar-refractivity contribution in [3.63, 3.8) is 0 Å². The summed E-state index contributed by atoms with van der Waals surface area (Å²) in [5.41, 5.74) is 7.29. The molecule has 2 rings (SSSR count).